The molecule has 122 valence electrons. The van der Waals surface area contributed by atoms with Gasteiger partial charge in [0, 0.05) is 13.7 Å². The highest BCUT2D eigenvalue weighted by atomic mass is 19.1. The van der Waals surface area contributed by atoms with Crippen LogP contribution in [0.2, 0.25) is 0 Å². The van der Waals surface area contributed by atoms with Gasteiger partial charge in [0.1, 0.15) is 11.6 Å². The molecule has 0 spiro atoms. The molecule has 23 heavy (non-hydrogen) atoms. The number of hydrogen-bond donors (Lipinski definition) is 1. The monoisotopic (exact) mass is 321 g/mol. The molecule has 0 radical (unpaired) electrons. The lowest BCUT2D eigenvalue weighted by Gasteiger charge is -2.21. The number of ether oxygens (including phenoxy) is 1. The van der Waals surface area contributed by atoms with E-state index in [0.29, 0.717) is 5.76 Å². The number of aromatic carboxylic acids is 1. The summed E-state index contributed by atoms with van der Waals surface area (Å²) < 4.78 is 24.2. The number of carboxylic acid groups (broad SMARTS) is 1. The normalized spacial score (nSPS) is 10.5. The second kappa shape index (κ2) is 7.55. The van der Waals surface area contributed by atoms with Crippen LogP contribution in [0.1, 0.15) is 26.5 Å². The van der Waals surface area contributed by atoms with Crippen molar-refractivity contribution in [1.29, 1.82) is 0 Å². The fourth-order valence-electron chi connectivity index (χ4n) is 2.04. The van der Waals surface area contributed by atoms with Crippen LogP contribution in [0.15, 0.2) is 41.0 Å². The average Bonchev–Trinajstić information content (AvgIpc) is 3.03. The molecule has 0 fully saturated rings. The number of methoxy groups -OCH3 is 1. The zero-order chi connectivity index (χ0) is 16.8. The molecule has 2 aromatic rings. The van der Waals surface area contributed by atoms with Gasteiger partial charge in [0.25, 0.3) is 5.91 Å². The predicted molar refractivity (Wildman–Crippen MR) is 78.7 cm³/mol. The van der Waals surface area contributed by atoms with E-state index in [1.807, 2.05) is 0 Å². The van der Waals surface area contributed by atoms with E-state index < -0.39 is 17.7 Å². The summed E-state index contributed by atoms with van der Waals surface area (Å²) >= 11 is 0. The maximum Gasteiger partial charge on any atom is 0.335 e. The summed E-state index contributed by atoms with van der Waals surface area (Å²) in [5.74, 6) is -2.14. The molecular formula is C16H16FNO5. The molecule has 1 amide bonds. The Hall–Kier alpha value is -2.67. The molecule has 2 rings (SSSR count). The first-order valence-corrected chi connectivity index (χ1v) is 6.86. The van der Waals surface area contributed by atoms with Crippen LogP contribution in [-0.4, -0.2) is 42.1 Å². The number of carbonyl (C=O) groups is 2. The molecule has 0 saturated heterocycles. The highest BCUT2D eigenvalue weighted by Crippen LogP contribution is 2.15. The van der Waals surface area contributed by atoms with Crippen molar-refractivity contribution in [1.82, 2.24) is 4.90 Å². The third kappa shape index (κ3) is 4.17. The second-order valence-corrected chi connectivity index (χ2v) is 4.80. The van der Waals surface area contributed by atoms with Gasteiger partial charge in [-0.25, -0.2) is 9.18 Å². The molecular weight excluding hydrogens is 305 g/mol. The van der Waals surface area contributed by atoms with Crippen molar-refractivity contribution < 1.29 is 28.2 Å². The van der Waals surface area contributed by atoms with Crippen molar-refractivity contribution >= 4 is 11.9 Å². The molecule has 1 aromatic carbocycles. The number of carbonyl (C=O) groups excluding carboxylic acids is 1. The Morgan fingerprint density at radius 1 is 1.35 bits per heavy atom. The number of benzene rings is 1. The van der Waals surface area contributed by atoms with Crippen molar-refractivity contribution in [3.05, 3.63) is 59.3 Å². The summed E-state index contributed by atoms with van der Waals surface area (Å²) in [4.78, 5) is 24.7. The van der Waals surface area contributed by atoms with Crippen molar-refractivity contribution in [3.63, 3.8) is 0 Å². The lowest BCUT2D eigenvalue weighted by atomic mass is 10.1. The number of amides is 1. The summed E-state index contributed by atoms with van der Waals surface area (Å²) in [6.07, 6.45) is 1.48. The van der Waals surface area contributed by atoms with E-state index in [1.165, 1.54) is 30.4 Å². The second-order valence-electron chi connectivity index (χ2n) is 4.80. The van der Waals surface area contributed by atoms with Crippen LogP contribution in [0, 0.1) is 5.82 Å². The minimum Gasteiger partial charge on any atom is -0.478 e. The van der Waals surface area contributed by atoms with Crippen molar-refractivity contribution in [2.45, 2.75) is 6.54 Å². The fourth-order valence-corrected chi connectivity index (χ4v) is 2.04. The average molecular weight is 321 g/mol. The van der Waals surface area contributed by atoms with E-state index in [2.05, 4.69) is 0 Å². The van der Waals surface area contributed by atoms with Gasteiger partial charge in [0.15, 0.2) is 0 Å². The first kappa shape index (κ1) is 16.7. The molecule has 0 atom stereocenters. The van der Waals surface area contributed by atoms with E-state index >= 15 is 0 Å². The highest BCUT2D eigenvalue weighted by Gasteiger charge is 2.21. The van der Waals surface area contributed by atoms with Gasteiger partial charge in [0.05, 0.1) is 30.5 Å². The standard InChI is InChI=1S/C16H16FNO5/c1-22-8-6-18(10-12-3-2-7-23-12)15(19)13-5-4-11(16(20)21)9-14(13)17/h2-5,7,9H,6,8,10H2,1H3,(H,20,21). The summed E-state index contributed by atoms with van der Waals surface area (Å²) in [5, 5.41) is 8.84. The molecule has 1 aromatic heterocycles. The Kier molecular flexibility index (Phi) is 5.48. The summed E-state index contributed by atoms with van der Waals surface area (Å²) in [6, 6.07) is 6.59. The minimum atomic E-state index is -1.25. The molecule has 6 nitrogen and oxygen atoms in total. The Labute approximate surface area is 132 Å². The van der Waals surface area contributed by atoms with Gasteiger partial charge in [-0.15, -0.1) is 0 Å². The van der Waals surface area contributed by atoms with Crippen LogP contribution in [0.5, 0.6) is 0 Å². The number of halogens is 1. The molecule has 0 bridgehead atoms. The summed E-state index contributed by atoms with van der Waals surface area (Å²) in [5.41, 5.74) is -0.411. The number of nitrogens with zero attached hydrogens (tertiary/aromatic N) is 1. The molecule has 0 aliphatic heterocycles. The Balaban J connectivity index is 2.23. The maximum absolute atomic E-state index is 14.1. The molecule has 1 heterocycles. The SMILES string of the molecule is COCCN(Cc1ccco1)C(=O)c1ccc(C(=O)O)cc1F. The molecule has 1 N–H and O–H groups in total. The van der Waals surface area contributed by atoms with Gasteiger partial charge in [-0.1, -0.05) is 0 Å². The van der Waals surface area contributed by atoms with Crippen molar-refractivity contribution in [2.75, 3.05) is 20.3 Å². The van der Waals surface area contributed by atoms with Gasteiger partial charge in [-0.05, 0) is 30.3 Å². The number of furan rings is 1. The van der Waals surface area contributed by atoms with Crippen LogP contribution >= 0.6 is 0 Å². The minimum absolute atomic E-state index is 0.162. The van der Waals surface area contributed by atoms with E-state index in [0.717, 1.165) is 6.07 Å². The van der Waals surface area contributed by atoms with Crippen LogP contribution in [-0.2, 0) is 11.3 Å². The largest absolute Gasteiger partial charge is 0.478 e. The quantitative estimate of drug-likeness (QED) is 0.847. The topological polar surface area (TPSA) is 80.0 Å². The third-order valence-electron chi connectivity index (χ3n) is 3.23. The van der Waals surface area contributed by atoms with E-state index in [1.54, 1.807) is 12.1 Å². The van der Waals surface area contributed by atoms with Crippen LogP contribution in [0.4, 0.5) is 4.39 Å². The Morgan fingerprint density at radius 2 is 2.13 bits per heavy atom. The summed E-state index contributed by atoms with van der Waals surface area (Å²) in [6.45, 7) is 0.687. The maximum atomic E-state index is 14.1. The molecule has 0 saturated carbocycles. The van der Waals surface area contributed by atoms with Gasteiger partial charge in [0.2, 0.25) is 0 Å². The Bertz CT molecular complexity index is 684. The van der Waals surface area contributed by atoms with Gasteiger partial charge in [-0.2, -0.15) is 0 Å². The van der Waals surface area contributed by atoms with E-state index in [4.69, 9.17) is 14.3 Å². The first-order valence-electron chi connectivity index (χ1n) is 6.86. The molecule has 7 heteroatoms. The number of rotatable bonds is 7. The smallest absolute Gasteiger partial charge is 0.335 e. The van der Waals surface area contributed by atoms with Crippen molar-refractivity contribution in [3.8, 4) is 0 Å². The third-order valence-corrected chi connectivity index (χ3v) is 3.23. The Morgan fingerprint density at radius 3 is 2.70 bits per heavy atom. The zero-order valence-corrected chi connectivity index (χ0v) is 12.5. The van der Waals surface area contributed by atoms with E-state index in [9.17, 15) is 14.0 Å². The molecule has 0 aliphatic carbocycles. The lowest BCUT2D eigenvalue weighted by Crippen LogP contribution is -2.34. The first-order chi connectivity index (χ1) is 11.0. The molecule has 0 aliphatic rings. The fraction of sp³-hybridized carbons (Fsp3) is 0.250. The van der Waals surface area contributed by atoms with Gasteiger partial charge < -0.3 is 19.2 Å². The predicted octanol–water partition coefficient (Wildman–Crippen LogP) is 2.41. The van der Waals surface area contributed by atoms with Gasteiger partial charge in [-0.3, -0.25) is 4.79 Å². The lowest BCUT2D eigenvalue weighted by molar-refractivity contribution is 0.0657. The van der Waals surface area contributed by atoms with Crippen LogP contribution in [0.25, 0.3) is 0 Å². The zero-order valence-electron chi connectivity index (χ0n) is 12.5. The molecule has 0 unspecified atom stereocenters. The van der Waals surface area contributed by atoms with Crippen molar-refractivity contribution in [2.24, 2.45) is 0 Å². The summed E-state index contributed by atoms with van der Waals surface area (Å²) in [7, 11) is 1.50. The highest BCUT2D eigenvalue weighted by molar-refractivity contribution is 5.96. The van der Waals surface area contributed by atoms with Crippen LogP contribution < -0.4 is 0 Å². The van der Waals surface area contributed by atoms with Crippen LogP contribution in [0.3, 0.4) is 0 Å². The number of hydrogen-bond acceptors (Lipinski definition) is 4. The van der Waals surface area contributed by atoms with E-state index in [-0.39, 0.29) is 30.8 Å². The number of carboxylic acids is 1. The van der Waals surface area contributed by atoms with Gasteiger partial charge >= 0.3 is 5.97 Å².